The maximum absolute atomic E-state index is 11.7. The van der Waals surface area contributed by atoms with Crippen molar-refractivity contribution in [2.45, 2.75) is 25.9 Å². The molecule has 0 radical (unpaired) electrons. The summed E-state index contributed by atoms with van der Waals surface area (Å²) in [6, 6.07) is 10.7. The van der Waals surface area contributed by atoms with E-state index in [9.17, 15) is 4.79 Å². The molecule has 8 heteroatoms. The van der Waals surface area contributed by atoms with Crippen molar-refractivity contribution in [2.24, 2.45) is 5.73 Å². The van der Waals surface area contributed by atoms with Gasteiger partial charge in [-0.3, -0.25) is 4.79 Å². The summed E-state index contributed by atoms with van der Waals surface area (Å²) in [5, 5.41) is 2.82. The number of carbonyl (C=O) groups is 1. The standard InChI is InChI=1S/C17H21N3O3.2ClH/c1-12(18)9-16(21)20-11-13-5-4-8-19-17(13)23-15-7-3-6-14(10-15)22-2;;/h3-8,10,12H,9,11,18H2,1-2H3,(H,20,21);2*1H. The fraction of sp³-hybridized carbons (Fsp3) is 0.294. The molecule has 0 bridgehead atoms. The highest BCUT2D eigenvalue weighted by molar-refractivity contribution is 5.85. The number of hydrogen-bond donors (Lipinski definition) is 2. The predicted octanol–water partition coefficient (Wildman–Crippen LogP) is 3.08. The number of benzene rings is 1. The van der Waals surface area contributed by atoms with E-state index in [0.717, 1.165) is 5.56 Å². The van der Waals surface area contributed by atoms with E-state index in [2.05, 4.69) is 10.3 Å². The molecule has 0 aliphatic heterocycles. The number of amides is 1. The lowest BCUT2D eigenvalue weighted by Gasteiger charge is -2.12. The smallest absolute Gasteiger partial charge is 0.224 e. The Morgan fingerprint density at radius 3 is 2.64 bits per heavy atom. The summed E-state index contributed by atoms with van der Waals surface area (Å²) in [6.45, 7) is 2.12. The monoisotopic (exact) mass is 387 g/mol. The SMILES string of the molecule is COc1cccc(Oc2ncccc2CNC(=O)CC(C)N)c1.Cl.Cl. The van der Waals surface area contributed by atoms with Gasteiger partial charge in [-0.15, -0.1) is 24.8 Å². The van der Waals surface area contributed by atoms with Crippen molar-refractivity contribution in [3.63, 3.8) is 0 Å². The van der Waals surface area contributed by atoms with Gasteiger partial charge in [0.05, 0.1) is 7.11 Å². The molecule has 0 aliphatic carbocycles. The van der Waals surface area contributed by atoms with Crippen LogP contribution < -0.4 is 20.5 Å². The lowest BCUT2D eigenvalue weighted by Crippen LogP contribution is -2.29. The molecule has 1 atom stereocenters. The van der Waals surface area contributed by atoms with E-state index in [4.69, 9.17) is 15.2 Å². The lowest BCUT2D eigenvalue weighted by atomic mass is 10.2. The number of halogens is 2. The van der Waals surface area contributed by atoms with E-state index in [1.54, 1.807) is 32.4 Å². The molecule has 0 aliphatic rings. The van der Waals surface area contributed by atoms with Gasteiger partial charge >= 0.3 is 0 Å². The van der Waals surface area contributed by atoms with Crippen LogP contribution in [0.2, 0.25) is 0 Å². The third kappa shape index (κ3) is 7.60. The molecular weight excluding hydrogens is 365 g/mol. The molecule has 1 aromatic carbocycles. The molecule has 3 N–H and O–H groups in total. The van der Waals surface area contributed by atoms with Gasteiger partial charge in [-0.05, 0) is 25.1 Å². The van der Waals surface area contributed by atoms with E-state index in [0.29, 0.717) is 23.9 Å². The molecular formula is C17H23Cl2N3O3. The number of nitrogens with one attached hydrogen (secondary N) is 1. The highest BCUT2D eigenvalue weighted by atomic mass is 35.5. The third-order valence-electron chi connectivity index (χ3n) is 3.09. The van der Waals surface area contributed by atoms with Crippen LogP contribution in [0, 0.1) is 0 Å². The molecule has 25 heavy (non-hydrogen) atoms. The summed E-state index contributed by atoms with van der Waals surface area (Å²) in [5.41, 5.74) is 6.40. The van der Waals surface area contributed by atoms with Crippen molar-refractivity contribution in [1.82, 2.24) is 10.3 Å². The van der Waals surface area contributed by atoms with Crippen LogP contribution in [0.1, 0.15) is 18.9 Å². The van der Waals surface area contributed by atoms with Gasteiger partial charge in [0.2, 0.25) is 11.8 Å². The van der Waals surface area contributed by atoms with Crippen molar-refractivity contribution in [3.8, 4) is 17.4 Å². The van der Waals surface area contributed by atoms with Crippen LogP contribution >= 0.6 is 24.8 Å². The molecule has 0 saturated heterocycles. The number of carbonyl (C=O) groups excluding carboxylic acids is 1. The molecule has 0 spiro atoms. The average molecular weight is 388 g/mol. The number of pyridine rings is 1. The highest BCUT2D eigenvalue weighted by Gasteiger charge is 2.09. The summed E-state index contributed by atoms with van der Waals surface area (Å²) in [6.07, 6.45) is 1.93. The minimum Gasteiger partial charge on any atom is -0.497 e. The zero-order valence-corrected chi connectivity index (χ0v) is 15.7. The molecule has 1 aromatic heterocycles. The first-order valence-corrected chi connectivity index (χ1v) is 7.36. The van der Waals surface area contributed by atoms with Gasteiger partial charge in [-0.1, -0.05) is 12.1 Å². The van der Waals surface area contributed by atoms with Crippen molar-refractivity contribution < 1.29 is 14.3 Å². The fourth-order valence-corrected chi connectivity index (χ4v) is 1.99. The number of rotatable bonds is 7. The van der Waals surface area contributed by atoms with Crippen LogP contribution in [-0.2, 0) is 11.3 Å². The predicted molar refractivity (Wildman–Crippen MR) is 102 cm³/mol. The normalized spacial score (nSPS) is 10.7. The largest absolute Gasteiger partial charge is 0.497 e. The molecule has 2 aromatic rings. The van der Waals surface area contributed by atoms with Gasteiger partial charge in [0.15, 0.2) is 0 Å². The van der Waals surface area contributed by atoms with Crippen LogP contribution in [0.4, 0.5) is 0 Å². The molecule has 1 heterocycles. The number of methoxy groups -OCH3 is 1. The van der Waals surface area contributed by atoms with Crippen LogP contribution in [0.25, 0.3) is 0 Å². The Bertz CT molecular complexity index is 669. The minimum atomic E-state index is -0.170. The second-order valence-electron chi connectivity index (χ2n) is 5.21. The fourth-order valence-electron chi connectivity index (χ4n) is 1.99. The Kier molecular flexibility index (Phi) is 10.6. The molecule has 0 saturated carbocycles. The van der Waals surface area contributed by atoms with Gasteiger partial charge < -0.3 is 20.5 Å². The van der Waals surface area contributed by atoms with Crippen LogP contribution in [0.5, 0.6) is 17.4 Å². The van der Waals surface area contributed by atoms with E-state index in [1.165, 1.54) is 0 Å². The quantitative estimate of drug-likeness (QED) is 0.761. The molecule has 1 unspecified atom stereocenters. The number of hydrogen-bond acceptors (Lipinski definition) is 5. The number of nitrogens with zero attached hydrogens (tertiary/aromatic N) is 1. The highest BCUT2D eigenvalue weighted by Crippen LogP contribution is 2.26. The second kappa shape index (κ2) is 11.5. The van der Waals surface area contributed by atoms with Crippen LogP contribution in [0.3, 0.4) is 0 Å². The van der Waals surface area contributed by atoms with Gasteiger partial charge in [-0.2, -0.15) is 0 Å². The summed E-state index contributed by atoms with van der Waals surface area (Å²) >= 11 is 0. The van der Waals surface area contributed by atoms with Gasteiger partial charge in [0.1, 0.15) is 11.5 Å². The zero-order valence-electron chi connectivity index (χ0n) is 14.1. The minimum absolute atomic E-state index is 0. The van der Waals surface area contributed by atoms with E-state index >= 15 is 0 Å². The summed E-state index contributed by atoms with van der Waals surface area (Å²) in [5.74, 6) is 1.66. The maximum Gasteiger partial charge on any atom is 0.224 e. The van der Waals surface area contributed by atoms with Crippen LogP contribution in [-0.4, -0.2) is 24.0 Å². The summed E-state index contributed by atoms with van der Waals surface area (Å²) < 4.78 is 11.0. The molecule has 1 amide bonds. The Hall–Kier alpha value is -2.02. The topological polar surface area (TPSA) is 86.5 Å². The molecule has 2 rings (SSSR count). The Labute approximate surface area is 159 Å². The zero-order chi connectivity index (χ0) is 16.7. The second-order valence-corrected chi connectivity index (χ2v) is 5.21. The van der Waals surface area contributed by atoms with Gasteiger partial charge in [-0.25, -0.2) is 4.98 Å². The van der Waals surface area contributed by atoms with Crippen molar-refractivity contribution in [1.29, 1.82) is 0 Å². The maximum atomic E-state index is 11.7. The Balaban J connectivity index is 0.00000288. The van der Waals surface area contributed by atoms with E-state index < -0.39 is 0 Å². The summed E-state index contributed by atoms with van der Waals surface area (Å²) in [7, 11) is 1.60. The Morgan fingerprint density at radius 1 is 1.24 bits per heavy atom. The van der Waals surface area contributed by atoms with Gasteiger partial charge in [0.25, 0.3) is 0 Å². The molecule has 0 fully saturated rings. The van der Waals surface area contributed by atoms with Crippen molar-refractivity contribution in [2.75, 3.05) is 7.11 Å². The number of ether oxygens (including phenoxy) is 2. The lowest BCUT2D eigenvalue weighted by molar-refractivity contribution is -0.121. The van der Waals surface area contributed by atoms with Gasteiger partial charge in [0, 0.05) is 36.8 Å². The summed E-state index contributed by atoms with van der Waals surface area (Å²) in [4.78, 5) is 15.9. The first kappa shape index (κ1) is 23.0. The number of aromatic nitrogens is 1. The molecule has 138 valence electrons. The van der Waals surface area contributed by atoms with Crippen LogP contribution in [0.15, 0.2) is 42.6 Å². The first-order chi connectivity index (χ1) is 11.1. The average Bonchev–Trinajstić information content (AvgIpc) is 2.53. The molecule has 6 nitrogen and oxygen atoms in total. The first-order valence-electron chi connectivity index (χ1n) is 7.36. The van der Waals surface area contributed by atoms with Crippen molar-refractivity contribution >= 4 is 30.7 Å². The Morgan fingerprint density at radius 2 is 1.96 bits per heavy atom. The van der Waals surface area contributed by atoms with E-state index in [-0.39, 0.29) is 43.2 Å². The number of nitrogens with two attached hydrogens (primary N) is 1. The van der Waals surface area contributed by atoms with Crippen molar-refractivity contribution in [3.05, 3.63) is 48.2 Å². The third-order valence-corrected chi connectivity index (χ3v) is 3.09. The van der Waals surface area contributed by atoms with E-state index in [1.807, 2.05) is 24.3 Å².